The van der Waals surface area contributed by atoms with E-state index in [0.29, 0.717) is 6.61 Å². The summed E-state index contributed by atoms with van der Waals surface area (Å²) in [5.74, 6) is 0.0230. The van der Waals surface area contributed by atoms with Crippen molar-refractivity contribution in [3.8, 4) is 0 Å². The lowest BCUT2D eigenvalue weighted by Crippen LogP contribution is -2.48. The number of carbonyl (C=O) groups is 1. The molecule has 4 heteroatoms. The first-order valence-corrected chi connectivity index (χ1v) is 6.30. The SMILES string of the molecule is O=C1OCCC12CCCN2CCI. The van der Waals surface area contributed by atoms with Crippen molar-refractivity contribution >= 4 is 28.6 Å². The van der Waals surface area contributed by atoms with E-state index in [-0.39, 0.29) is 11.5 Å². The second kappa shape index (κ2) is 3.73. The van der Waals surface area contributed by atoms with Crippen molar-refractivity contribution in [3.63, 3.8) is 0 Å². The summed E-state index contributed by atoms with van der Waals surface area (Å²) in [5, 5.41) is 0. The third-order valence-electron chi connectivity index (χ3n) is 3.11. The van der Waals surface area contributed by atoms with Crippen LogP contribution in [0.2, 0.25) is 0 Å². The number of carbonyl (C=O) groups excluding carboxylic acids is 1. The van der Waals surface area contributed by atoms with Crippen LogP contribution in [-0.2, 0) is 9.53 Å². The molecule has 0 aromatic heterocycles. The predicted molar refractivity (Wildman–Crippen MR) is 58.0 cm³/mol. The number of ether oxygens (including phenoxy) is 1. The highest BCUT2D eigenvalue weighted by Gasteiger charge is 2.51. The molecule has 0 saturated carbocycles. The molecule has 0 bridgehead atoms. The Labute approximate surface area is 91.9 Å². The van der Waals surface area contributed by atoms with Gasteiger partial charge >= 0.3 is 5.97 Å². The lowest BCUT2D eigenvalue weighted by atomic mass is 9.95. The molecule has 2 saturated heterocycles. The molecule has 0 amide bonds. The molecule has 2 rings (SSSR count). The standard InChI is InChI=1S/C9H14INO2/c10-4-6-11-5-1-2-9(11)3-7-13-8(9)12/h1-7H2. The molecular formula is C9H14INO2. The molecule has 3 nitrogen and oxygen atoms in total. The topological polar surface area (TPSA) is 29.5 Å². The van der Waals surface area contributed by atoms with Crippen molar-refractivity contribution in [3.05, 3.63) is 0 Å². The highest BCUT2D eigenvalue weighted by atomic mass is 127. The number of rotatable bonds is 2. The molecule has 74 valence electrons. The van der Waals surface area contributed by atoms with E-state index < -0.39 is 0 Å². The highest BCUT2D eigenvalue weighted by Crippen LogP contribution is 2.37. The van der Waals surface area contributed by atoms with Crippen LogP contribution in [0.1, 0.15) is 19.3 Å². The van der Waals surface area contributed by atoms with Gasteiger partial charge in [-0.25, -0.2) is 0 Å². The Bertz CT molecular complexity index is 218. The van der Waals surface area contributed by atoms with Gasteiger partial charge in [-0.05, 0) is 19.4 Å². The van der Waals surface area contributed by atoms with Crippen LogP contribution in [0, 0.1) is 0 Å². The van der Waals surface area contributed by atoms with E-state index >= 15 is 0 Å². The summed E-state index contributed by atoms with van der Waals surface area (Å²) in [6.07, 6.45) is 3.05. The molecule has 0 aromatic carbocycles. The maximum absolute atomic E-state index is 11.6. The van der Waals surface area contributed by atoms with Gasteiger partial charge < -0.3 is 4.74 Å². The first-order chi connectivity index (χ1) is 6.29. The second-order valence-corrected chi connectivity index (χ2v) is 4.78. The summed E-state index contributed by atoms with van der Waals surface area (Å²) >= 11 is 2.36. The molecule has 0 radical (unpaired) electrons. The van der Waals surface area contributed by atoms with Gasteiger partial charge in [0.2, 0.25) is 0 Å². The van der Waals surface area contributed by atoms with Gasteiger partial charge in [-0.2, -0.15) is 0 Å². The van der Waals surface area contributed by atoms with E-state index in [4.69, 9.17) is 4.74 Å². The molecule has 2 aliphatic heterocycles. The first kappa shape index (κ1) is 9.71. The monoisotopic (exact) mass is 295 g/mol. The number of likely N-dealkylation sites (tertiary alicyclic amines) is 1. The third-order valence-corrected chi connectivity index (χ3v) is 3.59. The van der Waals surface area contributed by atoms with E-state index in [1.807, 2.05) is 0 Å². The van der Waals surface area contributed by atoms with Crippen molar-refractivity contribution in [2.75, 3.05) is 24.1 Å². The van der Waals surface area contributed by atoms with E-state index in [1.165, 1.54) is 0 Å². The van der Waals surface area contributed by atoms with E-state index in [9.17, 15) is 4.79 Å². The summed E-state index contributed by atoms with van der Waals surface area (Å²) in [6, 6.07) is 0. The summed E-state index contributed by atoms with van der Waals surface area (Å²) in [5.41, 5.74) is -0.217. The Morgan fingerprint density at radius 2 is 2.38 bits per heavy atom. The van der Waals surface area contributed by atoms with Gasteiger partial charge in [0.15, 0.2) is 0 Å². The van der Waals surface area contributed by atoms with Crippen molar-refractivity contribution < 1.29 is 9.53 Å². The van der Waals surface area contributed by atoms with Crippen LogP contribution in [0.4, 0.5) is 0 Å². The fraction of sp³-hybridized carbons (Fsp3) is 0.889. The molecule has 2 aliphatic rings. The number of esters is 1. The van der Waals surface area contributed by atoms with Crippen LogP contribution in [0.15, 0.2) is 0 Å². The Hall–Kier alpha value is 0.160. The Morgan fingerprint density at radius 3 is 3.00 bits per heavy atom. The Kier molecular flexibility index (Phi) is 2.78. The summed E-state index contributed by atoms with van der Waals surface area (Å²) in [4.78, 5) is 13.9. The normalized spacial score (nSPS) is 34.4. The molecule has 2 heterocycles. The molecule has 0 N–H and O–H groups in total. The average molecular weight is 295 g/mol. The third kappa shape index (κ3) is 1.48. The number of halogens is 1. The minimum absolute atomic E-state index is 0.0230. The van der Waals surface area contributed by atoms with Gasteiger partial charge in [0.05, 0.1) is 6.61 Å². The lowest BCUT2D eigenvalue weighted by Gasteiger charge is -2.30. The van der Waals surface area contributed by atoms with Crippen LogP contribution in [-0.4, -0.2) is 40.5 Å². The largest absolute Gasteiger partial charge is 0.464 e. The second-order valence-electron chi connectivity index (χ2n) is 3.70. The van der Waals surface area contributed by atoms with Gasteiger partial charge in [-0.3, -0.25) is 9.69 Å². The molecule has 1 atom stereocenters. The zero-order valence-corrected chi connectivity index (χ0v) is 9.75. The van der Waals surface area contributed by atoms with Crippen LogP contribution in [0.25, 0.3) is 0 Å². The number of cyclic esters (lactones) is 1. The molecule has 13 heavy (non-hydrogen) atoms. The molecule has 2 fully saturated rings. The van der Waals surface area contributed by atoms with Gasteiger partial charge in [0.25, 0.3) is 0 Å². The number of hydrogen-bond acceptors (Lipinski definition) is 3. The zero-order valence-electron chi connectivity index (χ0n) is 7.59. The summed E-state index contributed by atoms with van der Waals surface area (Å²) in [7, 11) is 0. The molecule has 0 aliphatic carbocycles. The lowest BCUT2D eigenvalue weighted by molar-refractivity contribution is -0.146. The fourth-order valence-electron chi connectivity index (χ4n) is 2.43. The first-order valence-electron chi connectivity index (χ1n) is 4.78. The minimum Gasteiger partial charge on any atom is -0.464 e. The molecule has 0 aromatic rings. The van der Waals surface area contributed by atoms with E-state index in [0.717, 1.165) is 36.8 Å². The maximum Gasteiger partial charge on any atom is 0.326 e. The van der Waals surface area contributed by atoms with Crippen LogP contribution in [0.5, 0.6) is 0 Å². The zero-order chi connectivity index (χ0) is 9.31. The van der Waals surface area contributed by atoms with Crippen molar-refractivity contribution in [1.29, 1.82) is 0 Å². The summed E-state index contributed by atoms with van der Waals surface area (Å²) in [6.45, 7) is 2.71. The predicted octanol–water partition coefficient (Wildman–Crippen LogP) is 1.20. The van der Waals surface area contributed by atoms with Gasteiger partial charge in [0, 0.05) is 17.4 Å². The smallest absolute Gasteiger partial charge is 0.326 e. The minimum atomic E-state index is -0.217. The van der Waals surface area contributed by atoms with E-state index in [2.05, 4.69) is 27.5 Å². The molecular weight excluding hydrogens is 281 g/mol. The Morgan fingerprint density at radius 1 is 1.54 bits per heavy atom. The van der Waals surface area contributed by atoms with E-state index in [1.54, 1.807) is 0 Å². The van der Waals surface area contributed by atoms with Crippen LogP contribution in [0.3, 0.4) is 0 Å². The van der Waals surface area contributed by atoms with Gasteiger partial charge in [-0.15, -0.1) is 0 Å². The van der Waals surface area contributed by atoms with Gasteiger partial charge in [0.1, 0.15) is 5.54 Å². The van der Waals surface area contributed by atoms with Crippen molar-refractivity contribution in [2.45, 2.75) is 24.8 Å². The fourth-order valence-corrected chi connectivity index (χ4v) is 3.01. The molecule has 1 unspecified atom stereocenters. The van der Waals surface area contributed by atoms with Gasteiger partial charge in [-0.1, -0.05) is 22.6 Å². The number of nitrogens with zero attached hydrogens (tertiary/aromatic N) is 1. The van der Waals surface area contributed by atoms with Crippen molar-refractivity contribution in [1.82, 2.24) is 4.90 Å². The molecule has 1 spiro atoms. The average Bonchev–Trinajstić information content (AvgIpc) is 2.65. The highest BCUT2D eigenvalue weighted by molar-refractivity contribution is 14.1. The number of hydrogen-bond donors (Lipinski definition) is 0. The summed E-state index contributed by atoms with van der Waals surface area (Å²) < 4.78 is 6.17. The quantitative estimate of drug-likeness (QED) is 0.435. The Balaban J connectivity index is 2.14. The van der Waals surface area contributed by atoms with Crippen LogP contribution < -0.4 is 0 Å². The maximum atomic E-state index is 11.6. The van der Waals surface area contributed by atoms with Crippen LogP contribution >= 0.6 is 22.6 Å². The van der Waals surface area contributed by atoms with Crippen molar-refractivity contribution in [2.24, 2.45) is 0 Å². The number of alkyl halides is 1.